The Morgan fingerprint density at radius 3 is 2.75 bits per heavy atom. The highest BCUT2D eigenvalue weighted by atomic mass is 127. The van der Waals surface area contributed by atoms with E-state index in [0.29, 0.717) is 0 Å². The fourth-order valence-electron chi connectivity index (χ4n) is 2.29. The third kappa shape index (κ3) is 3.82. The summed E-state index contributed by atoms with van der Waals surface area (Å²) in [6.07, 6.45) is 6.39. The predicted molar refractivity (Wildman–Crippen MR) is 91.8 cm³/mol. The van der Waals surface area contributed by atoms with E-state index < -0.39 is 0 Å². The molecule has 0 amide bonds. The highest BCUT2D eigenvalue weighted by Crippen LogP contribution is 2.26. The molecule has 20 heavy (non-hydrogen) atoms. The summed E-state index contributed by atoms with van der Waals surface area (Å²) < 4.78 is 3.33. The average Bonchev–Trinajstić information content (AvgIpc) is 2.90. The van der Waals surface area contributed by atoms with Crippen molar-refractivity contribution in [3.63, 3.8) is 0 Å². The number of halogens is 1. The van der Waals surface area contributed by atoms with Crippen LogP contribution in [0.4, 0.5) is 0 Å². The van der Waals surface area contributed by atoms with Gasteiger partial charge in [-0.2, -0.15) is 5.10 Å². The van der Waals surface area contributed by atoms with E-state index in [1.807, 2.05) is 10.9 Å². The normalized spacial score (nSPS) is 12.6. The van der Waals surface area contributed by atoms with Gasteiger partial charge in [0.25, 0.3) is 0 Å². The Kier molecular flexibility index (Phi) is 6.04. The lowest BCUT2D eigenvalue weighted by Crippen LogP contribution is -2.23. The molecular weight excluding hydrogens is 361 g/mol. The minimum atomic E-state index is 0.230. The number of nitrogens with zero attached hydrogens (tertiary/aromatic N) is 2. The van der Waals surface area contributed by atoms with E-state index in [1.54, 1.807) is 0 Å². The van der Waals surface area contributed by atoms with Crippen molar-refractivity contribution < 1.29 is 0 Å². The van der Waals surface area contributed by atoms with Gasteiger partial charge < -0.3 is 5.32 Å². The minimum Gasteiger partial charge on any atom is -0.306 e. The van der Waals surface area contributed by atoms with Crippen LogP contribution < -0.4 is 5.32 Å². The van der Waals surface area contributed by atoms with Crippen LogP contribution in [0.25, 0.3) is 0 Å². The van der Waals surface area contributed by atoms with Gasteiger partial charge in [0.2, 0.25) is 0 Å². The third-order valence-electron chi connectivity index (χ3n) is 3.25. The quantitative estimate of drug-likeness (QED) is 0.733. The summed E-state index contributed by atoms with van der Waals surface area (Å²) in [5, 5.41) is 8.10. The molecule has 0 saturated heterocycles. The van der Waals surface area contributed by atoms with Crippen molar-refractivity contribution in [3.8, 4) is 0 Å². The van der Waals surface area contributed by atoms with E-state index in [4.69, 9.17) is 0 Å². The highest BCUT2D eigenvalue weighted by molar-refractivity contribution is 14.1. The lowest BCUT2D eigenvalue weighted by Gasteiger charge is -2.19. The molecule has 0 bridgehead atoms. The van der Waals surface area contributed by atoms with Crippen LogP contribution in [-0.4, -0.2) is 16.3 Å². The Morgan fingerprint density at radius 2 is 2.05 bits per heavy atom. The van der Waals surface area contributed by atoms with Crippen molar-refractivity contribution in [1.82, 2.24) is 15.1 Å². The van der Waals surface area contributed by atoms with Crippen LogP contribution in [0, 0.1) is 3.57 Å². The number of hydrogen-bond donors (Lipinski definition) is 1. The molecule has 0 fully saturated rings. The highest BCUT2D eigenvalue weighted by Gasteiger charge is 2.17. The number of benzene rings is 1. The zero-order valence-electron chi connectivity index (χ0n) is 12.1. The minimum absolute atomic E-state index is 0.230. The first-order valence-electron chi connectivity index (χ1n) is 7.26. The molecule has 1 unspecified atom stereocenters. The molecule has 2 rings (SSSR count). The molecule has 3 nitrogen and oxygen atoms in total. The van der Waals surface area contributed by atoms with Gasteiger partial charge in [-0.1, -0.05) is 32.0 Å². The summed E-state index contributed by atoms with van der Waals surface area (Å²) in [6, 6.07) is 8.78. The van der Waals surface area contributed by atoms with Gasteiger partial charge in [-0.05, 0) is 53.6 Å². The second-order valence-corrected chi connectivity index (χ2v) is 6.11. The predicted octanol–water partition coefficient (Wildman–Crippen LogP) is 3.99. The maximum absolute atomic E-state index is 4.46. The molecule has 0 aliphatic rings. The summed E-state index contributed by atoms with van der Waals surface area (Å²) >= 11 is 2.41. The Hall–Kier alpha value is -0.880. The number of aromatic nitrogens is 2. The Labute approximate surface area is 134 Å². The van der Waals surface area contributed by atoms with Gasteiger partial charge >= 0.3 is 0 Å². The van der Waals surface area contributed by atoms with Gasteiger partial charge in [-0.25, -0.2) is 0 Å². The second-order valence-electron chi connectivity index (χ2n) is 4.95. The topological polar surface area (TPSA) is 29.9 Å². The maximum Gasteiger partial charge on any atom is 0.0618 e. The van der Waals surface area contributed by atoms with Crippen molar-refractivity contribution in [2.24, 2.45) is 0 Å². The zero-order valence-corrected chi connectivity index (χ0v) is 14.3. The van der Waals surface area contributed by atoms with Crippen molar-refractivity contribution in [3.05, 3.63) is 51.4 Å². The van der Waals surface area contributed by atoms with E-state index in [1.165, 1.54) is 14.7 Å². The lowest BCUT2D eigenvalue weighted by atomic mass is 10.0. The lowest BCUT2D eigenvalue weighted by molar-refractivity contribution is 0.587. The third-order valence-corrected chi connectivity index (χ3v) is 4.24. The summed E-state index contributed by atoms with van der Waals surface area (Å²) in [4.78, 5) is 0. The molecular formula is C16H22IN3. The van der Waals surface area contributed by atoms with E-state index in [-0.39, 0.29) is 6.04 Å². The van der Waals surface area contributed by atoms with Gasteiger partial charge in [0, 0.05) is 21.9 Å². The van der Waals surface area contributed by atoms with E-state index in [9.17, 15) is 0 Å². The van der Waals surface area contributed by atoms with E-state index in [2.05, 4.69) is 77.3 Å². The Bertz CT molecular complexity index is 536. The number of nitrogens with one attached hydrogen (secondary N) is 1. The SMILES string of the molecule is CCCNC(c1cnn(CCC)c1)c1ccccc1I. The number of hydrogen-bond acceptors (Lipinski definition) is 2. The summed E-state index contributed by atoms with van der Waals surface area (Å²) in [6.45, 7) is 6.36. The van der Waals surface area contributed by atoms with Crippen LogP contribution in [0.1, 0.15) is 43.9 Å². The molecule has 1 heterocycles. The van der Waals surface area contributed by atoms with Crippen LogP contribution in [-0.2, 0) is 6.54 Å². The summed E-state index contributed by atoms with van der Waals surface area (Å²) in [7, 11) is 0. The molecule has 0 aliphatic heterocycles. The molecule has 0 spiro atoms. The van der Waals surface area contributed by atoms with Gasteiger partial charge in [0.05, 0.1) is 12.2 Å². The van der Waals surface area contributed by atoms with Crippen molar-refractivity contribution in [1.29, 1.82) is 0 Å². The molecule has 1 aromatic carbocycles. The van der Waals surface area contributed by atoms with Gasteiger partial charge in [0.15, 0.2) is 0 Å². The molecule has 1 N–H and O–H groups in total. The zero-order chi connectivity index (χ0) is 14.4. The van der Waals surface area contributed by atoms with Crippen LogP contribution in [0.5, 0.6) is 0 Å². The fraction of sp³-hybridized carbons (Fsp3) is 0.438. The molecule has 1 aromatic heterocycles. The monoisotopic (exact) mass is 383 g/mol. The van der Waals surface area contributed by atoms with Crippen molar-refractivity contribution >= 4 is 22.6 Å². The average molecular weight is 383 g/mol. The van der Waals surface area contributed by atoms with Gasteiger partial charge in [-0.3, -0.25) is 4.68 Å². The largest absolute Gasteiger partial charge is 0.306 e. The van der Waals surface area contributed by atoms with Crippen LogP contribution >= 0.6 is 22.6 Å². The Morgan fingerprint density at radius 1 is 1.25 bits per heavy atom. The molecule has 0 aliphatic carbocycles. The van der Waals surface area contributed by atoms with E-state index in [0.717, 1.165) is 25.9 Å². The fourth-order valence-corrected chi connectivity index (χ4v) is 2.98. The summed E-state index contributed by atoms with van der Waals surface area (Å²) in [5.41, 5.74) is 2.58. The first-order valence-corrected chi connectivity index (χ1v) is 8.34. The standard InChI is InChI=1S/C16H22IN3/c1-3-9-18-16(14-7-5-6-8-15(14)17)13-11-19-20(12-13)10-4-2/h5-8,11-12,16,18H,3-4,9-10H2,1-2H3. The van der Waals surface area contributed by atoms with Crippen LogP contribution in [0.15, 0.2) is 36.7 Å². The molecule has 1 atom stereocenters. The molecule has 2 aromatic rings. The van der Waals surface area contributed by atoms with Gasteiger partial charge in [-0.15, -0.1) is 0 Å². The van der Waals surface area contributed by atoms with Crippen LogP contribution in [0.2, 0.25) is 0 Å². The first kappa shape index (κ1) is 15.5. The first-order chi connectivity index (χ1) is 9.76. The second kappa shape index (κ2) is 7.78. The molecule has 0 saturated carbocycles. The van der Waals surface area contributed by atoms with Crippen molar-refractivity contribution in [2.45, 2.75) is 39.3 Å². The van der Waals surface area contributed by atoms with E-state index >= 15 is 0 Å². The smallest absolute Gasteiger partial charge is 0.0618 e. The molecule has 4 heteroatoms. The molecule has 108 valence electrons. The number of aryl methyl sites for hydroxylation is 1. The Balaban J connectivity index is 2.29. The maximum atomic E-state index is 4.46. The summed E-state index contributed by atoms with van der Waals surface area (Å²) in [5.74, 6) is 0. The number of rotatable bonds is 7. The van der Waals surface area contributed by atoms with Gasteiger partial charge in [0.1, 0.15) is 0 Å². The molecule has 0 radical (unpaired) electrons. The van der Waals surface area contributed by atoms with Crippen LogP contribution in [0.3, 0.4) is 0 Å². The van der Waals surface area contributed by atoms with Crippen molar-refractivity contribution in [2.75, 3.05) is 6.54 Å².